The van der Waals surface area contributed by atoms with Crippen LogP contribution in [0, 0.1) is 24.5 Å². The zero-order valence-corrected chi connectivity index (χ0v) is 13.6. The second-order valence-corrected chi connectivity index (χ2v) is 5.70. The molecule has 0 unspecified atom stereocenters. The number of aryl methyl sites for hydroxylation is 1. The maximum Gasteiger partial charge on any atom is 0.209 e. The third-order valence-electron chi connectivity index (χ3n) is 3.14. The van der Waals surface area contributed by atoms with Gasteiger partial charge >= 0.3 is 0 Å². The third-order valence-corrected chi connectivity index (χ3v) is 3.39. The number of ether oxygens (including phenoxy) is 1. The Labute approximate surface area is 133 Å². The van der Waals surface area contributed by atoms with Crippen LogP contribution in [0.15, 0.2) is 12.1 Å². The van der Waals surface area contributed by atoms with Gasteiger partial charge in [-0.15, -0.1) is 0 Å². The van der Waals surface area contributed by atoms with E-state index in [4.69, 9.17) is 16.3 Å². The summed E-state index contributed by atoms with van der Waals surface area (Å²) < 4.78 is 34.7. The average molecular weight is 330 g/mol. The van der Waals surface area contributed by atoms with Crippen molar-refractivity contribution in [2.24, 2.45) is 5.92 Å². The highest BCUT2D eigenvalue weighted by Gasteiger charge is 2.21. The average Bonchev–Trinajstić information content (AvgIpc) is 2.70. The molecule has 1 aromatic carbocycles. The lowest BCUT2D eigenvalue weighted by Crippen LogP contribution is -2.13. The van der Waals surface area contributed by atoms with Crippen LogP contribution in [0.3, 0.4) is 0 Å². The van der Waals surface area contributed by atoms with Gasteiger partial charge in [0, 0.05) is 18.7 Å². The second kappa shape index (κ2) is 6.52. The summed E-state index contributed by atoms with van der Waals surface area (Å²) in [7, 11) is 1.35. The van der Waals surface area contributed by atoms with E-state index in [9.17, 15) is 8.78 Å². The molecule has 0 radical (unpaired) electrons. The molecule has 4 nitrogen and oxygen atoms in total. The highest BCUT2D eigenvalue weighted by Crippen LogP contribution is 2.31. The topological polar surface area (TPSA) is 39.1 Å². The van der Waals surface area contributed by atoms with E-state index in [1.165, 1.54) is 11.7 Å². The Morgan fingerprint density at radius 1 is 1.32 bits per heavy atom. The number of hydrogen-bond donors (Lipinski definition) is 1. The molecule has 7 heteroatoms. The molecule has 0 saturated heterocycles. The van der Waals surface area contributed by atoms with Crippen LogP contribution in [0.1, 0.15) is 19.5 Å². The van der Waals surface area contributed by atoms with E-state index in [2.05, 4.69) is 10.3 Å². The SMILES string of the molecule is COc1cc(F)c(-n2c(Cl)nc(C)c2NCC(C)C)c(F)c1. The van der Waals surface area contributed by atoms with Gasteiger partial charge in [0.2, 0.25) is 5.28 Å². The van der Waals surface area contributed by atoms with Crippen molar-refractivity contribution in [3.8, 4) is 11.4 Å². The van der Waals surface area contributed by atoms with Gasteiger partial charge in [-0.2, -0.15) is 0 Å². The van der Waals surface area contributed by atoms with Crippen LogP contribution in [-0.4, -0.2) is 23.2 Å². The van der Waals surface area contributed by atoms with Gasteiger partial charge in [-0.3, -0.25) is 4.57 Å². The van der Waals surface area contributed by atoms with E-state index in [1.54, 1.807) is 6.92 Å². The van der Waals surface area contributed by atoms with Gasteiger partial charge in [0.25, 0.3) is 0 Å². The summed E-state index contributed by atoms with van der Waals surface area (Å²) in [6.07, 6.45) is 0. The van der Waals surface area contributed by atoms with E-state index >= 15 is 0 Å². The molecule has 1 N–H and O–H groups in total. The van der Waals surface area contributed by atoms with Crippen LogP contribution in [0.2, 0.25) is 5.28 Å². The summed E-state index contributed by atoms with van der Waals surface area (Å²) in [6.45, 7) is 6.41. The molecule has 120 valence electrons. The van der Waals surface area contributed by atoms with Gasteiger partial charge in [0.05, 0.1) is 12.8 Å². The van der Waals surface area contributed by atoms with Crippen LogP contribution in [0.4, 0.5) is 14.6 Å². The maximum atomic E-state index is 14.3. The van der Waals surface area contributed by atoms with E-state index in [1.807, 2.05) is 13.8 Å². The Kier molecular flexibility index (Phi) is 4.90. The Morgan fingerprint density at radius 3 is 2.41 bits per heavy atom. The summed E-state index contributed by atoms with van der Waals surface area (Å²) in [5, 5.41) is 3.13. The van der Waals surface area contributed by atoms with Crippen molar-refractivity contribution in [1.29, 1.82) is 0 Å². The fourth-order valence-electron chi connectivity index (χ4n) is 2.08. The molecule has 2 aromatic rings. The van der Waals surface area contributed by atoms with Gasteiger partial charge in [0.15, 0.2) is 11.6 Å². The van der Waals surface area contributed by atoms with Gasteiger partial charge in [-0.05, 0) is 24.4 Å². The minimum atomic E-state index is -0.774. The van der Waals surface area contributed by atoms with Crippen LogP contribution >= 0.6 is 11.6 Å². The van der Waals surface area contributed by atoms with E-state index in [0.29, 0.717) is 24.0 Å². The van der Waals surface area contributed by atoms with Gasteiger partial charge in [-0.25, -0.2) is 13.8 Å². The lowest BCUT2D eigenvalue weighted by Gasteiger charge is -2.15. The summed E-state index contributed by atoms with van der Waals surface area (Å²) in [5.74, 6) is -0.621. The van der Waals surface area contributed by atoms with E-state index in [0.717, 1.165) is 12.1 Å². The van der Waals surface area contributed by atoms with E-state index < -0.39 is 11.6 Å². The number of rotatable bonds is 5. The number of hydrogen-bond acceptors (Lipinski definition) is 3. The molecule has 0 aliphatic carbocycles. The lowest BCUT2D eigenvalue weighted by molar-refractivity contribution is 0.406. The molecule has 0 atom stereocenters. The molecular weight excluding hydrogens is 312 g/mol. The van der Waals surface area contributed by atoms with E-state index in [-0.39, 0.29) is 16.7 Å². The van der Waals surface area contributed by atoms with Crippen molar-refractivity contribution in [3.63, 3.8) is 0 Å². The zero-order valence-electron chi connectivity index (χ0n) is 12.9. The van der Waals surface area contributed by atoms with Gasteiger partial charge < -0.3 is 10.1 Å². The third kappa shape index (κ3) is 3.16. The van der Waals surface area contributed by atoms with Crippen LogP contribution in [0.25, 0.3) is 5.69 Å². The molecule has 0 fully saturated rings. The molecule has 0 amide bonds. The maximum absolute atomic E-state index is 14.3. The van der Waals surface area contributed by atoms with Crippen molar-refractivity contribution >= 4 is 17.4 Å². The Bertz CT molecular complexity index is 663. The molecule has 0 aliphatic rings. The van der Waals surface area contributed by atoms with Crippen molar-refractivity contribution < 1.29 is 13.5 Å². The fraction of sp³-hybridized carbons (Fsp3) is 0.400. The van der Waals surface area contributed by atoms with Gasteiger partial charge in [0.1, 0.15) is 17.3 Å². The lowest BCUT2D eigenvalue weighted by atomic mass is 10.2. The largest absolute Gasteiger partial charge is 0.497 e. The first-order valence-corrected chi connectivity index (χ1v) is 7.25. The molecule has 0 saturated carbocycles. The normalized spacial score (nSPS) is 11.1. The molecule has 0 aliphatic heterocycles. The summed E-state index contributed by atoms with van der Waals surface area (Å²) in [4.78, 5) is 4.09. The van der Waals surface area contributed by atoms with Gasteiger partial charge in [-0.1, -0.05) is 13.8 Å². The molecular formula is C15H18ClF2N3O. The predicted octanol–water partition coefficient (Wildman–Crippen LogP) is 4.19. The molecule has 22 heavy (non-hydrogen) atoms. The van der Waals surface area contributed by atoms with Crippen molar-refractivity contribution in [2.75, 3.05) is 19.0 Å². The molecule has 0 bridgehead atoms. The van der Waals surface area contributed by atoms with Crippen LogP contribution in [-0.2, 0) is 0 Å². The number of aromatic nitrogens is 2. The van der Waals surface area contributed by atoms with Crippen LogP contribution in [0.5, 0.6) is 5.75 Å². The number of anilines is 1. The number of halogens is 3. The zero-order chi connectivity index (χ0) is 16.4. The fourth-order valence-corrected chi connectivity index (χ4v) is 2.38. The van der Waals surface area contributed by atoms with Crippen molar-refractivity contribution in [1.82, 2.24) is 9.55 Å². The first-order chi connectivity index (χ1) is 10.3. The van der Waals surface area contributed by atoms with Crippen molar-refractivity contribution in [2.45, 2.75) is 20.8 Å². The second-order valence-electron chi connectivity index (χ2n) is 5.36. The minimum Gasteiger partial charge on any atom is -0.497 e. The highest BCUT2D eigenvalue weighted by molar-refractivity contribution is 6.29. The number of methoxy groups -OCH3 is 1. The quantitative estimate of drug-likeness (QED) is 0.894. The Balaban J connectivity index is 2.57. The first-order valence-electron chi connectivity index (χ1n) is 6.87. The summed E-state index contributed by atoms with van der Waals surface area (Å²) in [6, 6.07) is 2.21. The summed E-state index contributed by atoms with van der Waals surface area (Å²) >= 11 is 6.06. The number of nitrogens with zero attached hydrogens (tertiary/aromatic N) is 2. The number of imidazole rings is 1. The highest BCUT2D eigenvalue weighted by atomic mass is 35.5. The number of benzene rings is 1. The number of nitrogens with one attached hydrogen (secondary N) is 1. The summed E-state index contributed by atoms with van der Waals surface area (Å²) in [5.41, 5.74) is 0.290. The minimum absolute atomic E-state index is 0.00766. The molecule has 2 rings (SSSR count). The Hall–Kier alpha value is -1.82. The van der Waals surface area contributed by atoms with Crippen LogP contribution < -0.4 is 10.1 Å². The molecule has 0 spiro atoms. The van der Waals surface area contributed by atoms with Crippen molar-refractivity contribution in [3.05, 3.63) is 34.7 Å². The molecule has 1 aromatic heterocycles. The monoisotopic (exact) mass is 329 g/mol. The predicted molar refractivity (Wildman–Crippen MR) is 83.1 cm³/mol. The first kappa shape index (κ1) is 16.5. The molecule has 1 heterocycles. The standard InChI is InChI=1S/C15H18ClF2N3O/c1-8(2)7-19-14-9(3)20-15(16)21(14)13-11(17)5-10(22-4)6-12(13)18/h5-6,8,19H,7H2,1-4H3. The smallest absolute Gasteiger partial charge is 0.209 e. The Morgan fingerprint density at radius 2 is 1.91 bits per heavy atom.